The molecule has 1 rings (SSSR count). The highest BCUT2D eigenvalue weighted by Crippen LogP contribution is 2.39. The minimum atomic E-state index is -1.27. The van der Waals surface area contributed by atoms with Crippen molar-refractivity contribution in [3.63, 3.8) is 0 Å². The Bertz CT molecular complexity index is 252. The number of hydrogen-bond acceptors (Lipinski definition) is 5. The fraction of sp³-hybridized carbons (Fsp3) is 0.818. The van der Waals surface area contributed by atoms with E-state index in [4.69, 9.17) is 9.47 Å². The Morgan fingerprint density at radius 2 is 1.62 bits per heavy atom. The molecule has 5 heteroatoms. The van der Waals surface area contributed by atoms with Crippen LogP contribution < -0.4 is 0 Å². The molecule has 1 aliphatic rings. The quantitative estimate of drug-likeness (QED) is 0.554. The summed E-state index contributed by atoms with van der Waals surface area (Å²) in [5.41, 5.74) is -1.27. The topological polar surface area (TPSA) is 72.8 Å². The van der Waals surface area contributed by atoms with Gasteiger partial charge in [-0.3, -0.25) is 9.59 Å². The van der Waals surface area contributed by atoms with Gasteiger partial charge in [-0.05, 0) is 33.1 Å². The van der Waals surface area contributed by atoms with Crippen LogP contribution in [-0.4, -0.2) is 35.9 Å². The molecule has 0 amide bonds. The van der Waals surface area contributed by atoms with Crippen LogP contribution in [0.5, 0.6) is 0 Å². The molecule has 0 radical (unpaired) electrons. The van der Waals surface area contributed by atoms with Crippen molar-refractivity contribution in [1.29, 1.82) is 0 Å². The van der Waals surface area contributed by atoms with Crippen LogP contribution >= 0.6 is 0 Å². The minimum absolute atomic E-state index is 0.185. The van der Waals surface area contributed by atoms with Crippen molar-refractivity contribution in [3.8, 4) is 0 Å². The summed E-state index contributed by atoms with van der Waals surface area (Å²) < 4.78 is 9.59. The molecule has 0 aliphatic heterocycles. The van der Waals surface area contributed by atoms with Gasteiger partial charge in [0.15, 0.2) is 5.92 Å². The Morgan fingerprint density at radius 3 is 1.88 bits per heavy atom. The highest BCUT2D eigenvalue weighted by atomic mass is 16.6. The lowest BCUT2D eigenvalue weighted by molar-refractivity contribution is -0.182. The van der Waals surface area contributed by atoms with Crippen LogP contribution in [-0.2, 0) is 19.1 Å². The maximum atomic E-state index is 11.6. The molecule has 1 aliphatic carbocycles. The van der Waals surface area contributed by atoms with Crippen LogP contribution in [0.15, 0.2) is 0 Å². The molecule has 0 heterocycles. The van der Waals surface area contributed by atoms with Crippen molar-refractivity contribution < 1.29 is 24.2 Å². The van der Waals surface area contributed by atoms with E-state index < -0.39 is 23.5 Å². The maximum Gasteiger partial charge on any atom is 0.323 e. The third-order valence-corrected chi connectivity index (χ3v) is 2.80. The molecule has 16 heavy (non-hydrogen) atoms. The molecule has 0 atom stereocenters. The first-order valence-electron chi connectivity index (χ1n) is 5.60. The van der Waals surface area contributed by atoms with E-state index in [1.165, 1.54) is 0 Å². The standard InChI is InChI=1S/C11H18O5/c1-3-15-9(12)8(10(13)16-4-2)11(14)6-5-7-11/h8,14H,3-7H2,1-2H3. The average molecular weight is 230 g/mol. The van der Waals surface area contributed by atoms with Gasteiger partial charge in [0, 0.05) is 0 Å². The van der Waals surface area contributed by atoms with E-state index in [1.54, 1.807) is 13.8 Å². The number of hydrogen-bond donors (Lipinski definition) is 1. The van der Waals surface area contributed by atoms with Gasteiger partial charge in [0.1, 0.15) is 0 Å². The van der Waals surface area contributed by atoms with Gasteiger partial charge >= 0.3 is 11.9 Å². The molecule has 0 aromatic carbocycles. The van der Waals surface area contributed by atoms with Gasteiger partial charge in [-0.1, -0.05) is 0 Å². The zero-order chi connectivity index (χ0) is 12.2. The highest BCUT2D eigenvalue weighted by molar-refractivity contribution is 5.96. The summed E-state index contributed by atoms with van der Waals surface area (Å²) >= 11 is 0. The SMILES string of the molecule is CCOC(=O)C(C(=O)OCC)C1(O)CCC1. The highest BCUT2D eigenvalue weighted by Gasteiger charge is 2.51. The van der Waals surface area contributed by atoms with Crippen LogP contribution in [0.4, 0.5) is 0 Å². The van der Waals surface area contributed by atoms with E-state index in [1.807, 2.05) is 0 Å². The van der Waals surface area contributed by atoms with Crippen LogP contribution in [0, 0.1) is 5.92 Å². The summed E-state index contributed by atoms with van der Waals surface area (Å²) in [6.07, 6.45) is 1.69. The maximum absolute atomic E-state index is 11.6. The van der Waals surface area contributed by atoms with E-state index in [0.29, 0.717) is 12.8 Å². The lowest BCUT2D eigenvalue weighted by atomic mass is 9.71. The molecule has 5 nitrogen and oxygen atoms in total. The van der Waals surface area contributed by atoms with Gasteiger partial charge < -0.3 is 14.6 Å². The van der Waals surface area contributed by atoms with Crippen LogP contribution in [0.25, 0.3) is 0 Å². The van der Waals surface area contributed by atoms with Crippen molar-refractivity contribution in [2.45, 2.75) is 38.7 Å². The summed E-state index contributed by atoms with van der Waals surface area (Å²) in [4.78, 5) is 23.2. The first kappa shape index (κ1) is 13.0. The molecular formula is C11H18O5. The van der Waals surface area contributed by atoms with Gasteiger partial charge in [-0.15, -0.1) is 0 Å². The van der Waals surface area contributed by atoms with Gasteiger partial charge in [0.2, 0.25) is 0 Å². The van der Waals surface area contributed by atoms with Gasteiger partial charge in [0.25, 0.3) is 0 Å². The summed E-state index contributed by atoms with van der Waals surface area (Å²) in [6.45, 7) is 3.69. The third kappa shape index (κ3) is 2.52. The Labute approximate surface area is 94.7 Å². The van der Waals surface area contributed by atoms with E-state index in [9.17, 15) is 14.7 Å². The number of carbonyl (C=O) groups excluding carboxylic acids is 2. The predicted molar refractivity (Wildman–Crippen MR) is 55.6 cm³/mol. The lowest BCUT2D eigenvalue weighted by Crippen LogP contribution is -2.52. The number of esters is 2. The van der Waals surface area contributed by atoms with Gasteiger partial charge in [-0.25, -0.2) is 0 Å². The summed E-state index contributed by atoms with van der Waals surface area (Å²) in [5, 5.41) is 10.1. The Balaban J connectivity index is 2.76. The fourth-order valence-corrected chi connectivity index (χ4v) is 1.81. The Morgan fingerprint density at radius 1 is 1.19 bits per heavy atom. The van der Waals surface area contributed by atoms with E-state index in [0.717, 1.165) is 6.42 Å². The molecule has 1 saturated carbocycles. The second-order valence-electron chi connectivity index (χ2n) is 3.89. The Hall–Kier alpha value is -1.10. The number of rotatable bonds is 5. The van der Waals surface area contributed by atoms with Gasteiger partial charge in [0.05, 0.1) is 18.8 Å². The second-order valence-corrected chi connectivity index (χ2v) is 3.89. The first-order chi connectivity index (χ1) is 7.55. The van der Waals surface area contributed by atoms with Crippen molar-refractivity contribution in [2.75, 3.05) is 13.2 Å². The molecule has 0 spiro atoms. The molecule has 0 aromatic rings. The normalized spacial score (nSPS) is 17.8. The smallest absolute Gasteiger partial charge is 0.323 e. The van der Waals surface area contributed by atoms with E-state index >= 15 is 0 Å². The summed E-state index contributed by atoms with van der Waals surface area (Å²) in [7, 11) is 0. The average Bonchev–Trinajstić information content (AvgIpc) is 2.16. The molecule has 0 aromatic heterocycles. The monoisotopic (exact) mass is 230 g/mol. The van der Waals surface area contributed by atoms with Gasteiger partial charge in [-0.2, -0.15) is 0 Å². The minimum Gasteiger partial charge on any atom is -0.465 e. The van der Waals surface area contributed by atoms with Crippen molar-refractivity contribution >= 4 is 11.9 Å². The van der Waals surface area contributed by atoms with Crippen molar-refractivity contribution in [1.82, 2.24) is 0 Å². The van der Waals surface area contributed by atoms with Crippen LogP contribution in [0.1, 0.15) is 33.1 Å². The zero-order valence-electron chi connectivity index (χ0n) is 9.69. The van der Waals surface area contributed by atoms with E-state index in [2.05, 4.69) is 0 Å². The zero-order valence-corrected chi connectivity index (χ0v) is 9.69. The fourth-order valence-electron chi connectivity index (χ4n) is 1.81. The number of aliphatic hydroxyl groups is 1. The molecular weight excluding hydrogens is 212 g/mol. The molecule has 0 saturated heterocycles. The molecule has 1 N–H and O–H groups in total. The molecule has 0 bridgehead atoms. The molecule has 92 valence electrons. The summed E-state index contributed by atoms with van der Waals surface area (Å²) in [6, 6.07) is 0. The summed E-state index contributed by atoms with van der Waals surface area (Å²) in [5.74, 6) is -2.58. The first-order valence-corrected chi connectivity index (χ1v) is 5.60. The van der Waals surface area contributed by atoms with Crippen LogP contribution in [0.2, 0.25) is 0 Å². The van der Waals surface area contributed by atoms with Crippen LogP contribution in [0.3, 0.4) is 0 Å². The lowest BCUT2D eigenvalue weighted by Gasteiger charge is -2.40. The molecule has 0 unspecified atom stereocenters. The Kier molecular flexibility index (Phi) is 4.29. The predicted octanol–water partition coefficient (Wildman–Crippen LogP) is 0.644. The number of ether oxygens (including phenoxy) is 2. The van der Waals surface area contributed by atoms with Crippen molar-refractivity contribution in [2.24, 2.45) is 5.92 Å². The van der Waals surface area contributed by atoms with Crippen molar-refractivity contribution in [3.05, 3.63) is 0 Å². The van der Waals surface area contributed by atoms with E-state index in [-0.39, 0.29) is 13.2 Å². The molecule has 1 fully saturated rings. The third-order valence-electron chi connectivity index (χ3n) is 2.80. The largest absolute Gasteiger partial charge is 0.465 e. The number of carbonyl (C=O) groups is 2. The second kappa shape index (κ2) is 5.30.